The largest absolute Gasteiger partial charge is 0.488 e. The van der Waals surface area contributed by atoms with Gasteiger partial charge < -0.3 is 10.1 Å². The monoisotopic (exact) mass is 345 g/mol. The molecule has 0 aromatic heterocycles. The summed E-state index contributed by atoms with van der Waals surface area (Å²) in [5, 5.41) is 2.86. The molecular formula is C18H19NO4S. The Morgan fingerprint density at radius 1 is 1.17 bits per heavy atom. The predicted octanol–water partition coefficient (Wildman–Crippen LogP) is 1.96. The van der Waals surface area contributed by atoms with Crippen molar-refractivity contribution in [1.29, 1.82) is 0 Å². The Kier molecular flexibility index (Phi) is 4.57. The number of hydrogen-bond donors (Lipinski definition) is 1. The Morgan fingerprint density at radius 3 is 2.54 bits per heavy atom. The Morgan fingerprint density at radius 2 is 1.88 bits per heavy atom. The Bertz CT molecular complexity index is 819. The third kappa shape index (κ3) is 4.14. The van der Waals surface area contributed by atoms with Crippen LogP contribution < -0.4 is 10.1 Å². The first-order valence-electron chi connectivity index (χ1n) is 7.70. The van der Waals surface area contributed by atoms with Crippen LogP contribution >= 0.6 is 0 Å². The molecule has 6 heteroatoms. The van der Waals surface area contributed by atoms with Gasteiger partial charge in [0.15, 0.2) is 9.84 Å². The molecule has 1 unspecified atom stereocenters. The average molecular weight is 345 g/mol. The van der Waals surface area contributed by atoms with E-state index in [9.17, 15) is 13.2 Å². The maximum atomic E-state index is 12.2. The van der Waals surface area contributed by atoms with Crippen LogP contribution in [0.15, 0.2) is 48.5 Å². The van der Waals surface area contributed by atoms with Gasteiger partial charge in [0.1, 0.15) is 11.9 Å². The van der Waals surface area contributed by atoms with E-state index < -0.39 is 9.84 Å². The SMILES string of the molecule is CS(=O)(=O)Cc1ccc(C(=O)NCC2Cc3ccccc3O2)cc1. The molecular weight excluding hydrogens is 326 g/mol. The molecule has 0 saturated heterocycles. The highest BCUT2D eigenvalue weighted by molar-refractivity contribution is 7.89. The molecule has 1 heterocycles. The molecule has 0 saturated carbocycles. The van der Waals surface area contributed by atoms with Crippen LogP contribution in [0.3, 0.4) is 0 Å². The number of carbonyl (C=O) groups excluding carboxylic acids is 1. The Balaban J connectivity index is 1.54. The van der Waals surface area contributed by atoms with E-state index >= 15 is 0 Å². The molecule has 5 nitrogen and oxygen atoms in total. The average Bonchev–Trinajstić information content (AvgIpc) is 2.94. The molecule has 0 fully saturated rings. The Labute approximate surface area is 141 Å². The summed E-state index contributed by atoms with van der Waals surface area (Å²) in [6.07, 6.45) is 1.91. The van der Waals surface area contributed by atoms with Crippen molar-refractivity contribution in [3.05, 3.63) is 65.2 Å². The number of amides is 1. The van der Waals surface area contributed by atoms with Crippen LogP contribution in [0.4, 0.5) is 0 Å². The number of ether oxygens (including phenoxy) is 1. The van der Waals surface area contributed by atoms with Gasteiger partial charge in [0.05, 0.1) is 12.3 Å². The lowest BCUT2D eigenvalue weighted by molar-refractivity contribution is 0.0933. The number of nitrogens with one attached hydrogen (secondary N) is 1. The first kappa shape index (κ1) is 16.5. The molecule has 24 heavy (non-hydrogen) atoms. The standard InChI is InChI=1S/C18H19NO4S/c1-24(21,22)12-13-6-8-14(9-7-13)18(20)19-11-16-10-15-4-2-3-5-17(15)23-16/h2-9,16H,10-12H2,1H3,(H,19,20). The number of hydrogen-bond acceptors (Lipinski definition) is 4. The van der Waals surface area contributed by atoms with Crippen molar-refractivity contribution in [1.82, 2.24) is 5.32 Å². The van der Waals surface area contributed by atoms with Crippen LogP contribution in [0.2, 0.25) is 0 Å². The quantitative estimate of drug-likeness (QED) is 0.899. The van der Waals surface area contributed by atoms with E-state index in [0.29, 0.717) is 17.7 Å². The second kappa shape index (κ2) is 6.65. The lowest BCUT2D eigenvalue weighted by Gasteiger charge is -2.12. The van der Waals surface area contributed by atoms with Crippen LogP contribution in [-0.4, -0.2) is 33.2 Å². The van der Waals surface area contributed by atoms with Crippen LogP contribution in [0, 0.1) is 0 Å². The number of rotatable bonds is 5. The summed E-state index contributed by atoms with van der Waals surface area (Å²) in [4.78, 5) is 12.2. The molecule has 2 aromatic rings. The van der Waals surface area contributed by atoms with Crippen molar-refractivity contribution in [3.63, 3.8) is 0 Å². The van der Waals surface area contributed by atoms with Gasteiger partial charge >= 0.3 is 0 Å². The third-order valence-corrected chi connectivity index (χ3v) is 4.71. The topological polar surface area (TPSA) is 72.5 Å². The first-order chi connectivity index (χ1) is 11.4. The summed E-state index contributed by atoms with van der Waals surface area (Å²) in [6, 6.07) is 14.5. The van der Waals surface area contributed by atoms with Gasteiger partial charge in [-0.2, -0.15) is 0 Å². The van der Waals surface area contributed by atoms with E-state index in [2.05, 4.69) is 5.32 Å². The number of carbonyl (C=O) groups is 1. The van der Waals surface area contributed by atoms with E-state index in [0.717, 1.165) is 17.7 Å². The molecule has 126 valence electrons. The third-order valence-electron chi connectivity index (χ3n) is 3.85. The fourth-order valence-electron chi connectivity index (χ4n) is 2.73. The van der Waals surface area contributed by atoms with Gasteiger partial charge in [-0.25, -0.2) is 8.42 Å². The molecule has 1 N–H and O–H groups in total. The van der Waals surface area contributed by atoms with Crippen molar-refractivity contribution in [2.45, 2.75) is 18.3 Å². The van der Waals surface area contributed by atoms with E-state index in [4.69, 9.17) is 4.74 Å². The van der Waals surface area contributed by atoms with Crippen molar-refractivity contribution in [3.8, 4) is 5.75 Å². The van der Waals surface area contributed by atoms with Gasteiger partial charge in [-0.1, -0.05) is 30.3 Å². The van der Waals surface area contributed by atoms with Gasteiger partial charge in [-0.3, -0.25) is 4.79 Å². The minimum absolute atomic E-state index is 0.0247. The molecule has 1 aliphatic heterocycles. The number of sulfone groups is 1. The molecule has 0 spiro atoms. The molecule has 1 aliphatic rings. The lowest BCUT2D eigenvalue weighted by Crippen LogP contribution is -2.34. The van der Waals surface area contributed by atoms with Gasteiger partial charge in [0.2, 0.25) is 0 Å². The number of benzene rings is 2. The van der Waals surface area contributed by atoms with Crippen molar-refractivity contribution < 1.29 is 17.9 Å². The van der Waals surface area contributed by atoms with E-state index in [1.165, 1.54) is 6.26 Å². The fourth-order valence-corrected chi connectivity index (χ4v) is 3.53. The summed E-state index contributed by atoms with van der Waals surface area (Å²) in [6.45, 7) is 0.429. The maximum Gasteiger partial charge on any atom is 0.251 e. The van der Waals surface area contributed by atoms with Crippen molar-refractivity contribution in [2.24, 2.45) is 0 Å². The number of fused-ring (bicyclic) bond motifs is 1. The minimum atomic E-state index is -3.07. The summed E-state index contributed by atoms with van der Waals surface area (Å²) in [5.74, 6) is 0.658. The van der Waals surface area contributed by atoms with Crippen LogP contribution in [0.5, 0.6) is 5.75 Å². The molecule has 1 atom stereocenters. The van der Waals surface area contributed by atoms with Crippen molar-refractivity contribution in [2.75, 3.05) is 12.8 Å². The molecule has 2 aromatic carbocycles. The molecule has 0 aliphatic carbocycles. The van der Waals surface area contributed by atoms with E-state index in [-0.39, 0.29) is 17.8 Å². The second-order valence-corrected chi connectivity index (χ2v) is 8.17. The highest BCUT2D eigenvalue weighted by atomic mass is 32.2. The lowest BCUT2D eigenvalue weighted by atomic mass is 10.1. The first-order valence-corrected chi connectivity index (χ1v) is 9.76. The summed E-state index contributed by atoms with van der Waals surface area (Å²) in [7, 11) is -3.07. The normalized spacial score (nSPS) is 16.3. The fraction of sp³-hybridized carbons (Fsp3) is 0.278. The summed E-state index contributed by atoms with van der Waals surface area (Å²) < 4.78 is 28.3. The summed E-state index contributed by atoms with van der Waals surface area (Å²) >= 11 is 0. The smallest absolute Gasteiger partial charge is 0.251 e. The van der Waals surface area contributed by atoms with E-state index in [1.54, 1.807) is 24.3 Å². The van der Waals surface area contributed by atoms with Gasteiger partial charge in [-0.15, -0.1) is 0 Å². The predicted molar refractivity (Wildman–Crippen MR) is 91.9 cm³/mol. The summed E-state index contributed by atoms with van der Waals surface area (Å²) in [5.41, 5.74) is 2.33. The molecule has 3 rings (SSSR count). The highest BCUT2D eigenvalue weighted by Crippen LogP contribution is 2.27. The van der Waals surface area contributed by atoms with Gasteiger partial charge in [0, 0.05) is 18.2 Å². The van der Waals surface area contributed by atoms with Crippen LogP contribution in [-0.2, 0) is 22.0 Å². The maximum absolute atomic E-state index is 12.2. The highest BCUT2D eigenvalue weighted by Gasteiger charge is 2.22. The zero-order chi connectivity index (χ0) is 17.2. The van der Waals surface area contributed by atoms with Gasteiger partial charge in [-0.05, 0) is 29.3 Å². The van der Waals surface area contributed by atoms with Crippen molar-refractivity contribution >= 4 is 15.7 Å². The Hall–Kier alpha value is -2.34. The molecule has 1 amide bonds. The van der Waals surface area contributed by atoms with Gasteiger partial charge in [0.25, 0.3) is 5.91 Å². The minimum Gasteiger partial charge on any atom is -0.488 e. The van der Waals surface area contributed by atoms with Crippen LogP contribution in [0.25, 0.3) is 0 Å². The zero-order valence-electron chi connectivity index (χ0n) is 13.4. The molecule has 0 radical (unpaired) electrons. The zero-order valence-corrected chi connectivity index (χ0v) is 14.2. The van der Waals surface area contributed by atoms with Crippen LogP contribution in [0.1, 0.15) is 21.5 Å². The molecule has 0 bridgehead atoms. The number of para-hydroxylation sites is 1. The second-order valence-electron chi connectivity index (χ2n) is 6.03. The van der Waals surface area contributed by atoms with E-state index in [1.807, 2.05) is 24.3 Å².